The highest BCUT2D eigenvalue weighted by Gasteiger charge is 2.51. The third-order valence-corrected chi connectivity index (χ3v) is 8.99. The molecule has 2 aromatic carbocycles. The zero-order valence-corrected chi connectivity index (χ0v) is 21.3. The maximum Gasteiger partial charge on any atom is 0.256 e. The summed E-state index contributed by atoms with van der Waals surface area (Å²) < 4.78 is 0. The molecule has 0 aromatic heterocycles. The Hall–Kier alpha value is -2.27. The van der Waals surface area contributed by atoms with Crippen LogP contribution in [-0.2, 0) is 10.2 Å². The van der Waals surface area contributed by atoms with E-state index >= 15 is 0 Å². The van der Waals surface area contributed by atoms with Crippen molar-refractivity contribution in [1.29, 1.82) is 0 Å². The summed E-state index contributed by atoms with van der Waals surface area (Å²) in [6.07, 6.45) is 7.56. The minimum absolute atomic E-state index is 0.0277. The number of thioether (sulfide) groups is 1. The maximum absolute atomic E-state index is 13.2. The highest BCUT2D eigenvalue weighted by atomic mass is 32.2. The van der Waals surface area contributed by atoms with Crippen molar-refractivity contribution in [2.45, 2.75) is 75.1 Å². The summed E-state index contributed by atoms with van der Waals surface area (Å²) in [5.41, 5.74) is 2.49. The summed E-state index contributed by atoms with van der Waals surface area (Å²) >= 11 is 1.46. The van der Waals surface area contributed by atoms with E-state index in [1.165, 1.54) is 31.0 Å². The number of amides is 2. The van der Waals surface area contributed by atoms with Crippen LogP contribution < -0.4 is 10.6 Å². The first kappa shape index (κ1) is 23.5. The summed E-state index contributed by atoms with van der Waals surface area (Å²) in [5, 5.41) is 6.56. The Bertz CT molecular complexity index is 1050. The second-order valence-corrected chi connectivity index (χ2v) is 12.8. The van der Waals surface area contributed by atoms with Gasteiger partial charge in [0, 0.05) is 16.1 Å². The summed E-state index contributed by atoms with van der Waals surface area (Å²) in [6.45, 7) is 6.43. The van der Waals surface area contributed by atoms with Crippen molar-refractivity contribution < 1.29 is 9.59 Å². The van der Waals surface area contributed by atoms with E-state index in [1.54, 1.807) is 0 Å². The molecule has 180 valence electrons. The standard InChI is InChI=1S/C29H36N2O2S/c1-28(2,3)23-9-5-6-10-24(23)30-27(33)22-8-4-7-11-25(22)34-18-26(32)31-29-15-19-12-20(16-29)14-21(13-19)17-29/h4-11,19-21H,12-18H2,1-3H3,(H,30,33)(H,31,32). The van der Waals surface area contributed by atoms with E-state index < -0.39 is 0 Å². The van der Waals surface area contributed by atoms with Gasteiger partial charge in [-0.1, -0.05) is 51.1 Å². The zero-order chi connectivity index (χ0) is 23.9. The Balaban J connectivity index is 1.24. The Morgan fingerprint density at radius 1 is 0.912 bits per heavy atom. The quantitative estimate of drug-likeness (QED) is 0.473. The summed E-state index contributed by atoms with van der Waals surface area (Å²) in [5.74, 6) is 2.71. The van der Waals surface area contributed by atoms with Gasteiger partial charge >= 0.3 is 0 Å². The molecule has 0 unspecified atom stereocenters. The van der Waals surface area contributed by atoms with Gasteiger partial charge in [-0.05, 0) is 85.5 Å². The number of hydrogen-bond donors (Lipinski definition) is 2. The molecule has 4 saturated carbocycles. The van der Waals surface area contributed by atoms with Crippen LogP contribution in [0.3, 0.4) is 0 Å². The number of anilines is 1. The van der Waals surface area contributed by atoms with Gasteiger partial charge in [0.1, 0.15) is 0 Å². The number of para-hydroxylation sites is 1. The molecule has 4 nitrogen and oxygen atoms in total. The lowest BCUT2D eigenvalue weighted by Crippen LogP contribution is -2.60. The van der Waals surface area contributed by atoms with Gasteiger partial charge < -0.3 is 10.6 Å². The predicted molar refractivity (Wildman–Crippen MR) is 139 cm³/mol. The van der Waals surface area contributed by atoms with Crippen LogP contribution in [0.4, 0.5) is 5.69 Å². The minimum atomic E-state index is -0.138. The molecule has 4 aliphatic carbocycles. The first-order valence-electron chi connectivity index (χ1n) is 12.6. The van der Waals surface area contributed by atoms with E-state index in [4.69, 9.17) is 0 Å². The molecule has 0 spiro atoms. The van der Waals surface area contributed by atoms with Crippen molar-refractivity contribution in [2.24, 2.45) is 17.8 Å². The Morgan fingerprint density at radius 3 is 2.15 bits per heavy atom. The molecule has 4 bridgehead atoms. The highest BCUT2D eigenvalue weighted by molar-refractivity contribution is 8.00. The van der Waals surface area contributed by atoms with Gasteiger partial charge in [-0.3, -0.25) is 9.59 Å². The smallest absolute Gasteiger partial charge is 0.256 e. The second kappa shape index (κ2) is 9.07. The average molecular weight is 477 g/mol. The molecule has 2 amide bonds. The maximum atomic E-state index is 13.2. The van der Waals surface area contributed by atoms with Crippen LogP contribution in [0.15, 0.2) is 53.4 Å². The van der Waals surface area contributed by atoms with Crippen LogP contribution in [0.25, 0.3) is 0 Å². The largest absolute Gasteiger partial charge is 0.350 e. The average Bonchev–Trinajstić information content (AvgIpc) is 2.76. The molecule has 0 heterocycles. The Labute approximate surface area is 207 Å². The van der Waals surface area contributed by atoms with Gasteiger partial charge in [-0.25, -0.2) is 0 Å². The third kappa shape index (κ3) is 4.91. The molecule has 4 aliphatic rings. The number of hydrogen-bond acceptors (Lipinski definition) is 3. The molecule has 4 fully saturated rings. The van der Waals surface area contributed by atoms with Crippen molar-refractivity contribution >= 4 is 29.3 Å². The molecule has 2 aromatic rings. The normalized spacial score (nSPS) is 27.4. The van der Waals surface area contributed by atoms with E-state index in [0.717, 1.165) is 53.2 Å². The van der Waals surface area contributed by atoms with E-state index in [9.17, 15) is 9.59 Å². The number of carbonyl (C=O) groups is 2. The van der Waals surface area contributed by atoms with Crippen LogP contribution in [0.1, 0.15) is 75.2 Å². The van der Waals surface area contributed by atoms with E-state index in [2.05, 4.69) is 37.5 Å². The lowest BCUT2D eigenvalue weighted by atomic mass is 9.53. The zero-order valence-electron chi connectivity index (χ0n) is 20.5. The van der Waals surface area contributed by atoms with Gasteiger partial charge in [-0.2, -0.15) is 0 Å². The van der Waals surface area contributed by atoms with E-state index in [-0.39, 0.29) is 22.8 Å². The SMILES string of the molecule is CC(C)(C)c1ccccc1NC(=O)c1ccccc1SCC(=O)NC12CC3CC(CC(C3)C1)C2. The molecule has 0 saturated heterocycles. The third-order valence-electron chi connectivity index (χ3n) is 7.92. The molecular weight excluding hydrogens is 440 g/mol. The Kier molecular flexibility index (Phi) is 6.26. The molecule has 0 radical (unpaired) electrons. The van der Waals surface area contributed by atoms with Crippen molar-refractivity contribution in [3.63, 3.8) is 0 Å². The predicted octanol–water partition coefficient (Wildman–Crippen LogP) is 6.41. The van der Waals surface area contributed by atoms with Crippen molar-refractivity contribution in [3.8, 4) is 0 Å². The molecule has 0 aliphatic heterocycles. The number of carbonyl (C=O) groups excluding carboxylic acids is 2. The van der Waals surface area contributed by atoms with Gasteiger partial charge in [0.15, 0.2) is 0 Å². The Morgan fingerprint density at radius 2 is 1.50 bits per heavy atom. The highest BCUT2D eigenvalue weighted by Crippen LogP contribution is 2.55. The lowest BCUT2D eigenvalue weighted by molar-refractivity contribution is -0.124. The van der Waals surface area contributed by atoms with Crippen molar-refractivity contribution in [2.75, 3.05) is 11.1 Å². The fraction of sp³-hybridized carbons (Fsp3) is 0.517. The van der Waals surface area contributed by atoms with Crippen molar-refractivity contribution in [3.05, 3.63) is 59.7 Å². The van der Waals surface area contributed by atoms with Crippen molar-refractivity contribution in [1.82, 2.24) is 5.32 Å². The second-order valence-electron chi connectivity index (χ2n) is 11.8. The lowest BCUT2D eigenvalue weighted by Gasteiger charge is -2.56. The van der Waals surface area contributed by atoms with Gasteiger partial charge in [0.2, 0.25) is 5.91 Å². The van der Waals surface area contributed by atoms with Crippen LogP contribution in [0.2, 0.25) is 0 Å². The molecular formula is C29H36N2O2S. The number of rotatable bonds is 6. The first-order valence-corrected chi connectivity index (χ1v) is 13.6. The minimum Gasteiger partial charge on any atom is -0.350 e. The van der Waals surface area contributed by atoms with Crippen LogP contribution >= 0.6 is 11.8 Å². The molecule has 5 heteroatoms. The molecule has 2 N–H and O–H groups in total. The molecule has 0 atom stereocenters. The van der Waals surface area contributed by atoms with E-state index in [1.807, 2.05) is 42.5 Å². The van der Waals surface area contributed by atoms with Crippen LogP contribution in [0, 0.1) is 17.8 Å². The fourth-order valence-electron chi connectivity index (χ4n) is 6.95. The van der Waals surface area contributed by atoms with Gasteiger partial charge in [0.25, 0.3) is 5.91 Å². The molecule has 6 rings (SSSR count). The summed E-state index contributed by atoms with van der Waals surface area (Å²) in [4.78, 5) is 27.1. The summed E-state index contributed by atoms with van der Waals surface area (Å²) in [6, 6.07) is 15.5. The topological polar surface area (TPSA) is 58.2 Å². The monoisotopic (exact) mass is 476 g/mol. The van der Waals surface area contributed by atoms with Gasteiger partial charge in [-0.15, -0.1) is 11.8 Å². The van der Waals surface area contributed by atoms with Gasteiger partial charge in [0.05, 0.1) is 11.3 Å². The summed E-state index contributed by atoms with van der Waals surface area (Å²) in [7, 11) is 0. The molecule has 34 heavy (non-hydrogen) atoms. The van der Waals surface area contributed by atoms with E-state index in [0.29, 0.717) is 11.3 Å². The fourth-order valence-corrected chi connectivity index (χ4v) is 7.80. The number of benzene rings is 2. The first-order chi connectivity index (χ1) is 16.2. The van der Waals surface area contributed by atoms with Crippen LogP contribution in [0.5, 0.6) is 0 Å². The number of nitrogens with one attached hydrogen (secondary N) is 2. The van der Waals surface area contributed by atoms with Crippen LogP contribution in [-0.4, -0.2) is 23.1 Å².